The van der Waals surface area contributed by atoms with Crippen molar-refractivity contribution < 1.29 is 4.79 Å². The van der Waals surface area contributed by atoms with Crippen molar-refractivity contribution in [1.29, 1.82) is 0 Å². The summed E-state index contributed by atoms with van der Waals surface area (Å²) in [6.45, 7) is 4.79. The molecule has 0 aliphatic carbocycles. The van der Waals surface area contributed by atoms with Crippen LogP contribution in [0.4, 0.5) is 0 Å². The molecule has 1 fully saturated rings. The van der Waals surface area contributed by atoms with E-state index in [0.29, 0.717) is 5.69 Å². The van der Waals surface area contributed by atoms with Gasteiger partial charge in [0.15, 0.2) is 5.69 Å². The molecule has 134 valence electrons. The Balaban J connectivity index is 0.00000225. The summed E-state index contributed by atoms with van der Waals surface area (Å²) in [5.41, 5.74) is 1.09. The van der Waals surface area contributed by atoms with E-state index >= 15 is 0 Å². The molecule has 2 N–H and O–H groups in total. The van der Waals surface area contributed by atoms with Gasteiger partial charge < -0.3 is 10.6 Å². The Morgan fingerprint density at radius 3 is 2.72 bits per heavy atom. The number of benzene rings is 1. The molecule has 6 nitrogen and oxygen atoms in total. The average molecular weight is 363 g/mol. The van der Waals surface area contributed by atoms with Gasteiger partial charge in [0.05, 0.1) is 5.69 Å². The molecule has 2 atom stereocenters. The molecule has 1 saturated heterocycles. The molecule has 1 aliphatic rings. The monoisotopic (exact) mass is 362 g/mol. The highest BCUT2D eigenvalue weighted by atomic mass is 35.5. The van der Waals surface area contributed by atoms with E-state index in [9.17, 15) is 9.59 Å². The molecular formula is C18H23ClN4O2. The smallest absolute Gasteiger partial charge is 0.276 e. The molecule has 1 aromatic heterocycles. The van der Waals surface area contributed by atoms with E-state index in [1.54, 1.807) is 11.6 Å². The lowest BCUT2D eigenvalue weighted by molar-refractivity contribution is 0.0911. The SMILES string of the molecule is Cc1cc(=O)c(C(=O)NC2CCCNC2C)nn1-c1ccccc1.Cl. The van der Waals surface area contributed by atoms with Gasteiger partial charge in [-0.3, -0.25) is 9.59 Å². The highest BCUT2D eigenvalue weighted by Crippen LogP contribution is 2.10. The fraction of sp³-hybridized carbons (Fsp3) is 0.389. The number of nitrogens with zero attached hydrogens (tertiary/aromatic N) is 2. The van der Waals surface area contributed by atoms with Crippen molar-refractivity contribution in [3.8, 4) is 5.69 Å². The van der Waals surface area contributed by atoms with Crippen molar-refractivity contribution in [3.63, 3.8) is 0 Å². The minimum atomic E-state index is -0.412. The fourth-order valence-electron chi connectivity index (χ4n) is 3.01. The summed E-state index contributed by atoms with van der Waals surface area (Å²) in [6, 6.07) is 11.1. The van der Waals surface area contributed by atoms with Crippen LogP contribution in [0, 0.1) is 6.92 Å². The number of aryl methyl sites for hydroxylation is 1. The van der Waals surface area contributed by atoms with E-state index in [0.717, 1.165) is 25.1 Å². The molecule has 2 aromatic rings. The van der Waals surface area contributed by atoms with Crippen LogP contribution in [0.1, 0.15) is 35.9 Å². The van der Waals surface area contributed by atoms with Gasteiger partial charge in [-0.25, -0.2) is 4.68 Å². The van der Waals surface area contributed by atoms with Crippen LogP contribution in [0.5, 0.6) is 0 Å². The highest BCUT2D eigenvalue weighted by molar-refractivity contribution is 5.92. The van der Waals surface area contributed by atoms with E-state index in [1.807, 2.05) is 37.3 Å². The van der Waals surface area contributed by atoms with Gasteiger partial charge in [-0.2, -0.15) is 5.10 Å². The summed E-state index contributed by atoms with van der Waals surface area (Å²) in [4.78, 5) is 24.8. The minimum Gasteiger partial charge on any atom is -0.346 e. The summed E-state index contributed by atoms with van der Waals surface area (Å²) in [6.07, 6.45) is 1.91. The number of piperidine rings is 1. The lowest BCUT2D eigenvalue weighted by Crippen LogP contribution is -2.52. The van der Waals surface area contributed by atoms with Crippen molar-refractivity contribution >= 4 is 18.3 Å². The van der Waals surface area contributed by atoms with Gasteiger partial charge in [0.25, 0.3) is 5.91 Å². The molecular weight excluding hydrogens is 340 g/mol. The zero-order valence-electron chi connectivity index (χ0n) is 14.4. The first-order valence-electron chi connectivity index (χ1n) is 8.27. The number of carbonyl (C=O) groups excluding carboxylic acids is 1. The summed E-state index contributed by atoms with van der Waals surface area (Å²) in [5.74, 6) is -0.412. The topological polar surface area (TPSA) is 76.0 Å². The van der Waals surface area contributed by atoms with Crippen LogP contribution in [0.2, 0.25) is 0 Å². The molecule has 3 rings (SSSR count). The van der Waals surface area contributed by atoms with Gasteiger partial charge in [-0.05, 0) is 45.4 Å². The van der Waals surface area contributed by atoms with Gasteiger partial charge in [0.2, 0.25) is 5.43 Å². The Kier molecular flexibility index (Phi) is 6.33. The molecule has 0 bridgehead atoms. The number of para-hydroxylation sites is 1. The molecule has 0 spiro atoms. The molecule has 1 aromatic carbocycles. The number of rotatable bonds is 3. The van der Waals surface area contributed by atoms with E-state index in [1.165, 1.54) is 6.07 Å². The maximum absolute atomic E-state index is 12.6. The zero-order chi connectivity index (χ0) is 17.1. The molecule has 2 heterocycles. The van der Waals surface area contributed by atoms with Crippen LogP contribution in [0.3, 0.4) is 0 Å². The first-order chi connectivity index (χ1) is 11.6. The van der Waals surface area contributed by atoms with Crippen LogP contribution in [0.15, 0.2) is 41.2 Å². The molecule has 25 heavy (non-hydrogen) atoms. The lowest BCUT2D eigenvalue weighted by Gasteiger charge is -2.30. The number of aromatic nitrogens is 2. The standard InChI is InChI=1S/C18H22N4O2.ClH/c1-12-11-16(23)17(21-22(12)14-7-4-3-5-8-14)18(24)20-15-9-6-10-19-13(15)2;/h3-5,7-8,11,13,15,19H,6,9-10H2,1-2H3,(H,20,24);1H. The van der Waals surface area contributed by atoms with Gasteiger partial charge in [-0.1, -0.05) is 18.2 Å². The summed E-state index contributed by atoms with van der Waals surface area (Å²) < 4.78 is 1.62. The lowest BCUT2D eigenvalue weighted by atomic mass is 10.00. The normalized spacial score (nSPS) is 19.8. The van der Waals surface area contributed by atoms with Gasteiger partial charge in [0, 0.05) is 23.8 Å². The van der Waals surface area contributed by atoms with Crippen molar-refractivity contribution in [1.82, 2.24) is 20.4 Å². The second kappa shape index (κ2) is 8.27. The Hall–Kier alpha value is -2.18. The number of halogens is 1. The third kappa shape index (κ3) is 4.27. The van der Waals surface area contributed by atoms with Crippen LogP contribution in [-0.2, 0) is 0 Å². The first-order valence-corrected chi connectivity index (χ1v) is 8.27. The minimum absolute atomic E-state index is 0. The summed E-state index contributed by atoms with van der Waals surface area (Å²) in [7, 11) is 0. The van der Waals surface area contributed by atoms with Crippen molar-refractivity contribution in [2.24, 2.45) is 0 Å². The second-order valence-corrected chi connectivity index (χ2v) is 6.21. The second-order valence-electron chi connectivity index (χ2n) is 6.21. The van der Waals surface area contributed by atoms with Crippen LogP contribution in [-0.4, -0.2) is 34.3 Å². The number of hydrogen-bond acceptors (Lipinski definition) is 4. The Morgan fingerprint density at radius 2 is 2.04 bits per heavy atom. The number of carbonyl (C=O) groups is 1. The molecule has 2 unspecified atom stereocenters. The van der Waals surface area contributed by atoms with E-state index < -0.39 is 5.91 Å². The molecule has 1 amide bonds. The quantitative estimate of drug-likeness (QED) is 0.873. The average Bonchev–Trinajstić information content (AvgIpc) is 2.58. The molecule has 0 saturated carbocycles. The van der Waals surface area contributed by atoms with Gasteiger partial charge in [0.1, 0.15) is 0 Å². The Morgan fingerprint density at radius 1 is 1.32 bits per heavy atom. The maximum atomic E-state index is 12.6. The zero-order valence-corrected chi connectivity index (χ0v) is 15.2. The van der Waals surface area contributed by atoms with E-state index in [4.69, 9.17) is 0 Å². The van der Waals surface area contributed by atoms with Crippen LogP contribution < -0.4 is 16.1 Å². The van der Waals surface area contributed by atoms with Crippen molar-refractivity contribution in [2.75, 3.05) is 6.54 Å². The number of amides is 1. The Labute approximate surface area is 153 Å². The fourth-order valence-corrected chi connectivity index (χ4v) is 3.01. The predicted molar refractivity (Wildman–Crippen MR) is 99.8 cm³/mol. The number of hydrogen-bond donors (Lipinski definition) is 2. The largest absolute Gasteiger partial charge is 0.346 e. The van der Waals surface area contributed by atoms with Crippen LogP contribution in [0.25, 0.3) is 5.69 Å². The third-order valence-electron chi connectivity index (χ3n) is 4.40. The van der Waals surface area contributed by atoms with Gasteiger partial charge >= 0.3 is 0 Å². The van der Waals surface area contributed by atoms with Gasteiger partial charge in [-0.15, -0.1) is 12.4 Å². The van der Waals surface area contributed by atoms with Crippen molar-refractivity contribution in [2.45, 2.75) is 38.8 Å². The Bertz CT molecular complexity index is 791. The maximum Gasteiger partial charge on any atom is 0.276 e. The molecule has 1 aliphatic heterocycles. The molecule has 7 heteroatoms. The van der Waals surface area contributed by atoms with E-state index in [-0.39, 0.29) is 35.6 Å². The summed E-state index contributed by atoms with van der Waals surface area (Å²) in [5, 5.41) is 10.6. The predicted octanol–water partition coefficient (Wildman–Crippen LogP) is 1.83. The summed E-state index contributed by atoms with van der Waals surface area (Å²) >= 11 is 0. The van der Waals surface area contributed by atoms with Crippen LogP contribution >= 0.6 is 12.4 Å². The highest BCUT2D eigenvalue weighted by Gasteiger charge is 2.25. The first kappa shape index (κ1) is 19.1. The van der Waals surface area contributed by atoms with Crippen molar-refractivity contribution in [3.05, 3.63) is 58.0 Å². The third-order valence-corrected chi connectivity index (χ3v) is 4.40. The number of nitrogens with one attached hydrogen (secondary N) is 2. The molecule has 0 radical (unpaired) electrons. The van der Waals surface area contributed by atoms with E-state index in [2.05, 4.69) is 15.7 Å².